The molecule has 3 heterocycles. The summed E-state index contributed by atoms with van der Waals surface area (Å²) in [6, 6.07) is 6.45. The number of aryl methyl sites for hydroxylation is 1. The van der Waals surface area contributed by atoms with Crippen LogP contribution in [0.15, 0.2) is 24.3 Å². The van der Waals surface area contributed by atoms with E-state index in [4.69, 9.17) is 4.74 Å². The average molecular weight is 421 g/mol. The van der Waals surface area contributed by atoms with Crippen molar-refractivity contribution < 1.29 is 13.9 Å². The van der Waals surface area contributed by atoms with Gasteiger partial charge in [0.1, 0.15) is 17.4 Å². The maximum Gasteiger partial charge on any atom is 0.221 e. The third-order valence-electron chi connectivity index (χ3n) is 5.52. The molecule has 1 spiro atoms. The summed E-state index contributed by atoms with van der Waals surface area (Å²) in [4.78, 5) is 21.1. The Kier molecular flexibility index (Phi) is 6.39. The van der Waals surface area contributed by atoms with Crippen LogP contribution in [0.5, 0.6) is 5.75 Å². The Morgan fingerprint density at radius 2 is 2.10 bits per heavy atom. The molecule has 0 aliphatic carbocycles. The van der Waals surface area contributed by atoms with Gasteiger partial charge in [0.2, 0.25) is 5.91 Å². The standard InChI is InChI=1S/C21H25FN4O2.ClH/c1-3-28-14-4-5-16(22)15(11-14)18-10-13(2)24-20(25-18)17-6-7-21(26-17)8-9-23-19(27)12-21;/h4-5,10-11,17,26H,3,6-9,12H2,1-2H3,(H,23,27);1H. The number of piperidine rings is 1. The molecule has 4 rings (SSSR count). The van der Waals surface area contributed by atoms with Crippen molar-refractivity contribution in [2.45, 2.75) is 51.1 Å². The zero-order chi connectivity index (χ0) is 19.7. The maximum absolute atomic E-state index is 14.5. The van der Waals surface area contributed by atoms with Crippen LogP contribution in [0.25, 0.3) is 11.3 Å². The van der Waals surface area contributed by atoms with Crippen LogP contribution >= 0.6 is 12.4 Å². The number of halogens is 2. The minimum atomic E-state index is -0.340. The van der Waals surface area contributed by atoms with Crippen LogP contribution in [0.2, 0.25) is 0 Å². The normalized spacial score (nSPS) is 23.6. The van der Waals surface area contributed by atoms with E-state index in [1.807, 2.05) is 13.8 Å². The molecule has 2 aliphatic heterocycles. The van der Waals surface area contributed by atoms with Crippen molar-refractivity contribution in [1.82, 2.24) is 20.6 Å². The largest absolute Gasteiger partial charge is 0.494 e. The lowest BCUT2D eigenvalue weighted by molar-refractivity contribution is -0.124. The number of carbonyl (C=O) groups excluding carboxylic acids is 1. The van der Waals surface area contributed by atoms with Gasteiger partial charge >= 0.3 is 0 Å². The second-order valence-corrected chi connectivity index (χ2v) is 7.62. The van der Waals surface area contributed by atoms with Gasteiger partial charge in [-0.3, -0.25) is 4.79 Å². The Bertz CT molecular complexity index is 910. The van der Waals surface area contributed by atoms with Gasteiger partial charge in [-0.05, 0) is 57.4 Å². The summed E-state index contributed by atoms with van der Waals surface area (Å²) in [6.45, 7) is 4.98. The van der Waals surface area contributed by atoms with Gasteiger partial charge < -0.3 is 15.4 Å². The predicted molar refractivity (Wildman–Crippen MR) is 111 cm³/mol. The lowest BCUT2D eigenvalue weighted by Gasteiger charge is -2.34. The van der Waals surface area contributed by atoms with Crippen LogP contribution in [0, 0.1) is 12.7 Å². The van der Waals surface area contributed by atoms with Gasteiger partial charge in [0, 0.05) is 29.8 Å². The molecule has 2 saturated heterocycles. The smallest absolute Gasteiger partial charge is 0.221 e. The first-order chi connectivity index (χ1) is 13.5. The first kappa shape index (κ1) is 21.5. The van der Waals surface area contributed by atoms with Gasteiger partial charge in [-0.2, -0.15) is 0 Å². The van der Waals surface area contributed by atoms with Crippen molar-refractivity contribution in [3.8, 4) is 17.0 Å². The molecule has 6 nitrogen and oxygen atoms in total. The van der Waals surface area contributed by atoms with Gasteiger partial charge in [-0.15, -0.1) is 12.4 Å². The van der Waals surface area contributed by atoms with E-state index in [0.29, 0.717) is 42.4 Å². The zero-order valence-electron chi connectivity index (χ0n) is 16.6. The number of hydrogen-bond donors (Lipinski definition) is 2. The number of hydrogen-bond acceptors (Lipinski definition) is 5. The molecule has 2 unspecified atom stereocenters. The second-order valence-electron chi connectivity index (χ2n) is 7.62. The number of amides is 1. The van der Waals surface area contributed by atoms with E-state index in [1.54, 1.807) is 18.2 Å². The number of benzene rings is 1. The quantitative estimate of drug-likeness (QED) is 0.791. The monoisotopic (exact) mass is 420 g/mol. The number of aromatic nitrogens is 2. The average Bonchev–Trinajstić information content (AvgIpc) is 3.06. The molecule has 0 radical (unpaired) electrons. The van der Waals surface area contributed by atoms with Gasteiger partial charge in [0.25, 0.3) is 0 Å². The summed E-state index contributed by atoms with van der Waals surface area (Å²) in [5, 5.41) is 6.49. The fraction of sp³-hybridized carbons (Fsp3) is 0.476. The van der Waals surface area contributed by atoms with Crippen molar-refractivity contribution in [3.05, 3.63) is 41.6 Å². The highest BCUT2D eigenvalue weighted by Crippen LogP contribution is 2.38. The third-order valence-corrected chi connectivity index (χ3v) is 5.52. The van der Waals surface area contributed by atoms with Crippen molar-refractivity contribution in [3.63, 3.8) is 0 Å². The molecule has 2 atom stereocenters. The van der Waals surface area contributed by atoms with E-state index >= 15 is 0 Å². The number of rotatable bonds is 4. The molecule has 2 aliphatic rings. The van der Waals surface area contributed by atoms with Crippen LogP contribution < -0.4 is 15.4 Å². The summed E-state index contributed by atoms with van der Waals surface area (Å²) in [5.41, 5.74) is 1.55. The Morgan fingerprint density at radius 1 is 1.28 bits per heavy atom. The molecule has 0 bridgehead atoms. The molecule has 2 aromatic rings. The Hall–Kier alpha value is -2.25. The van der Waals surface area contributed by atoms with Crippen LogP contribution in [0.3, 0.4) is 0 Å². The van der Waals surface area contributed by atoms with E-state index in [2.05, 4.69) is 20.6 Å². The molecule has 2 fully saturated rings. The Morgan fingerprint density at radius 3 is 2.86 bits per heavy atom. The minimum absolute atomic E-state index is 0. The summed E-state index contributed by atoms with van der Waals surface area (Å²) < 4.78 is 20.0. The highest BCUT2D eigenvalue weighted by molar-refractivity contribution is 5.85. The van der Waals surface area contributed by atoms with Gasteiger partial charge in [-0.25, -0.2) is 14.4 Å². The highest BCUT2D eigenvalue weighted by Gasteiger charge is 2.43. The fourth-order valence-electron chi connectivity index (χ4n) is 4.21. The van der Waals surface area contributed by atoms with E-state index < -0.39 is 0 Å². The number of nitrogens with one attached hydrogen (secondary N) is 2. The molecule has 1 aromatic carbocycles. The molecule has 156 valence electrons. The fourth-order valence-corrected chi connectivity index (χ4v) is 4.21. The minimum Gasteiger partial charge on any atom is -0.494 e. The molecule has 1 aromatic heterocycles. The van der Waals surface area contributed by atoms with Gasteiger partial charge in [0.05, 0.1) is 18.3 Å². The first-order valence-corrected chi connectivity index (χ1v) is 9.81. The molecule has 1 amide bonds. The number of nitrogens with zero attached hydrogens (tertiary/aromatic N) is 2. The van der Waals surface area contributed by atoms with E-state index in [-0.39, 0.29) is 35.7 Å². The van der Waals surface area contributed by atoms with Crippen LogP contribution in [0.1, 0.15) is 50.2 Å². The summed E-state index contributed by atoms with van der Waals surface area (Å²) in [5.74, 6) is 1.01. The van der Waals surface area contributed by atoms with Crippen LogP contribution in [0.4, 0.5) is 4.39 Å². The predicted octanol–water partition coefficient (Wildman–Crippen LogP) is 3.48. The molecule has 29 heavy (non-hydrogen) atoms. The van der Waals surface area contributed by atoms with Gasteiger partial charge in [-0.1, -0.05) is 0 Å². The van der Waals surface area contributed by atoms with Crippen molar-refractivity contribution in [1.29, 1.82) is 0 Å². The van der Waals surface area contributed by atoms with E-state index in [1.165, 1.54) is 6.07 Å². The summed E-state index contributed by atoms with van der Waals surface area (Å²) in [7, 11) is 0. The van der Waals surface area contributed by atoms with E-state index in [9.17, 15) is 9.18 Å². The van der Waals surface area contributed by atoms with E-state index in [0.717, 1.165) is 25.0 Å². The Labute approximate surface area is 176 Å². The Balaban J connectivity index is 0.00000240. The number of ether oxygens (including phenoxy) is 1. The lowest BCUT2D eigenvalue weighted by atomic mass is 9.87. The van der Waals surface area contributed by atoms with Crippen molar-refractivity contribution in [2.75, 3.05) is 13.2 Å². The highest BCUT2D eigenvalue weighted by atomic mass is 35.5. The molecule has 2 N–H and O–H groups in total. The lowest BCUT2D eigenvalue weighted by Crippen LogP contribution is -2.51. The first-order valence-electron chi connectivity index (χ1n) is 9.81. The van der Waals surface area contributed by atoms with Gasteiger partial charge in [0.15, 0.2) is 0 Å². The second kappa shape index (κ2) is 8.63. The summed E-state index contributed by atoms with van der Waals surface area (Å²) in [6.07, 6.45) is 3.15. The zero-order valence-corrected chi connectivity index (χ0v) is 17.4. The molecule has 8 heteroatoms. The third kappa shape index (κ3) is 4.51. The SMILES string of the molecule is CCOc1ccc(F)c(-c2cc(C)nc(C3CCC4(CCNC(=O)C4)N3)n2)c1.Cl. The topological polar surface area (TPSA) is 76.1 Å². The van der Waals surface area contributed by atoms with Crippen molar-refractivity contribution in [2.24, 2.45) is 0 Å². The maximum atomic E-state index is 14.5. The number of carbonyl (C=O) groups is 1. The molecular weight excluding hydrogens is 395 g/mol. The molecular formula is C21H26ClFN4O2. The van der Waals surface area contributed by atoms with Crippen LogP contribution in [-0.4, -0.2) is 34.6 Å². The van der Waals surface area contributed by atoms with Crippen LogP contribution in [-0.2, 0) is 4.79 Å². The van der Waals surface area contributed by atoms with Crippen molar-refractivity contribution >= 4 is 18.3 Å². The molecule has 0 saturated carbocycles. The summed E-state index contributed by atoms with van der Waals surface area (Å²) >= 11 is 0.